The third-order valence-corrected chi connectivity index (χ3v) is 3.95. The van der Waals surface area contributed by atoms with Gasteiger partial charge in [0, 0.05) is 18.9 Å². The maximum Gasteiger partial charge on any atom is 0.292 e. The molecule has 0 saturated carbocycles. The van der Waals surface area contributed by atoms with Crippen LogP contribution in [0.1, 0.15) is 28.0 Å². The van der Waals surface area contributed by atoms with Crippen LogP contribution in [0.4, 0.5) is 0 Å². The molecule has 22 heavy (non-hydrogen) atoms. The highest BCUT2D eigenvalue weighted by molar-refractivity contribution is 5.91. The van der Waals surface area contributed by atoms with Crippen molar-refractivity contribution in [3.63, 3.8) is 0 Å². The summed E-state index contributed by atoms with van der Waals surface area (Å²) in [6.45, 7) is 1.13. The first-order valence-corrected chi connectivity index (χ1v) is 7.07. The van der Waals surface area contributed by atoms with Crippen molar-refractivity contribution in [1.82, 2.24) is 19.4 Å². The lowest BCUT2D eigenvalue weighted by atomic mass is 10.0. The smallest absolute Gasteiger partial charge is 0.292 e. The van der Waals surface area contributed by atoms with Gasteiger partial charge in [0.25, 0.3) is 5.91 Å². The summed E-state index contributed by atoms with van der Waals surface area (Å²) in [5.41, 5.74) is 1.09. The number of oxazole rings is 1. The van der Waals surface area contributed by atoms with E-state index in [0.717, 1.165) is 11.4 Å². The summed E-state index contributed by atoms with van der Waals surface area (Å²) in [5.74, 6) is 0.960. The Morgan fingerprint density at radius 3 is 2.91 bits per heavy atom. The SMILES string of the molecule is O=C(c1cnco1)N1Cc2nccn2CC1c1ccccc1. The number of benzene rings is 1. The largest absolute Gasteiger partial charge is 0.438 e. The molecule has 1 aromatic carbocycles. The molecule has 1 atom stereocenters. The van der Waals surface area contributed by atoms with Gasteiger partial charge in [-0.25, -0.2) is 9.97 Å². The van der Waals surface area contributed by atoms with Gasteiger partial charge >= 0.3 is 0 Å². The molecular formula is C16H14N4O2. The first-order valence-electron chi connectivity index (χ1n) is 7.07. The molecule has 1 amide bonds. The Bertz CT molecular complexity index is 780. The monoisotopic (exact) mass is 294 g/mol. The average Bonchev–Trinajstić information content (AvgIpc) is 3.25. The standard InChI is InChI=1S/C16H14N4O2/c21-16(14-8-17-11-22-14)20-10-15-18-6-7-19(15)9-13(20)12-4-2-1-3-5-12/h1-8,11,13H,9-10H2. The molecule has 0 fully saturated rings. The van der Waals surface area contributed by atoms with Gasteiger partial charge in [-0.05, 0) is 5.56 Å². The topological polar surface area (TPSA) is 64.2 Å². The van der Waals surface area contributed by atoms with Crippen molar-refractivity contribution in [2.24, 2.45) is 0 Å². The summed E-state index contributed by atoms with van der Waals surface area (Å²) < 4.78 is 7.26. The van der Waals surface area contributed by atoms with E-state index in [1.54, 1.807) is 11.1 Å². The highest BCUT2D eigenvalue weighted by Crippen LogP contribution is 2.30. The molecule has 6 nitrogen and oxygen atoms in total. The number of nitrogens with zero attached hydrogens (tertiary/aromatic N) is 4. The Kier molecular flexibility index (Phi) is 3.00. The molecule has 2 aromatic heterocycles. The van der Waals surface area contributed by atoms with E-state index in [2.05, 4.69) is 14.5 Å². The van der Waals surface area contributed by atoms with E-state index >= 15 is 0 Å². The minimum atomic E-state index is -0.166. The first kappa shape index (κ1) is 12.8. The molecule has 4 rings (SSSR count). The van der Waals surface area contributed by atoms with Gasteiger partial charge < -0.3 is 13.9 Å². The molecule has 0 radical (unpaired) electrons. The van der Waals surface area contributed by atoms with E-state index in [1.165, 1.54) is 12.6 Å². The highest BCUT2D eigenvalue weighted by atomic mass is 16.3. The lowest BCUT2D eigenvalue weighted by Gasteiger charge is -2.36. The Morgan fingerprint density at radius 1 is 1.27 bits per heavy atom. The van der Waals surface area contributed by atoms with Crippen LogP contribution in [0.25, 0.3) is 0 Å². The quantitative estimate of drug-likeness (QED) is 0.727. The summed E-state index contributed by atoms with van der Waals surface area (Å²) in [5, 5.41) is 0. The number of fused-ring (bicyclic) bond motifs is 1. The Labute approximate surface area is 127 Å². The molecule has 1 aliphatic rings. The van der Waals surface area contributed by atoms with Crippen molar-refractivity contribution in [3.8, 4) is 0 Å². The normalized spacial score (nSPS) is 17.3. The van der Waals surface area contributed by atoms with Crippen molar-refractivity contribution >= 4 is 5.91 Å². The predicted octanol–water partition coefficient (Wildman–Crippen LogP) is 2.27. The van der Waals surface area contributed by atoms with Crippen LogP contribution in [0.2, 0.25) is 0 Å². The fraction of sp³-hybridized carbons (Fsp3) is 0.188. The van der Waals surface area contributed by atoms with Crippen LogP contribution in [-0.4, -0.2) is 25.3 Å². The summed E-state index contributed by atoms with van der Waals surface area (Å²) in [7, 11) is 0. The van der Waals surface area contributed by atoms with E-state index in [-0.39, 0.29) is 17.7 Å². The molecule has 3 heterocycles. The van der Waals surface area contributed by atoms with Crippen molar-refractivity contribution in [2.45, 2.75) is 19.1 Å². The van der Waals surface area contributed by atoms with Crippen molar-refractivity contribution in [3.05, 3.63) is 72.5 Å². The van der Waals surface area contributed by atoms with Gasteiger partial charge in [0.15, 0.2) is 6.39 Å². The van der Waals surface area contributed by atoms with E-state index in [0.29, 0.717) is 13.1 Å². The zero-order valence-corrected chi connectivity index (χ0v) is 11.8. The zero-order chi connectivity index (χ0) is 14.9. The number of amides is 1. The van der Waals surface area contributed by atoms with Gasteiger partial charge in [-0.2, -0.15) is 0 Å². The highest BCUT2D eigenvalue weighted by Gasteiger charge is 2.33. The summed E-state index contributed by atoms with van der Waals surface area (Å²) >= 11 is 0. The van der Waals surface area contributed by atoms with Crippen LogP contribution in [0.5, 0.6) is 0 Å². The molecule has 110 valence electrons. The van der Waals surface area contributed by atoms with E-state index in [9.17, 15) is 4.79 Å². The average molecular weight is 294 g/mol. The third kappa shape index (κ3) is 2.09. The lowest BCUT2D eigenvalue weighted by Crippen LogP contribution is -2.41. The fourth-order valence-corrected chi connectivity index (χ4v) is 2.84. The molecule has 0 N–H and O–H groups in total. The number of hydrogen-bond donors (Lipinski definition) is 0. The summed E-state index contributed by atoms with van der Waals surface area (Å²) in [6, 6.07) is 9.95. The number of hydrogen-bond acceptors (Lipinski definition) is 4. The molecule has 1 aliphatic heterocycles. The van der Waals surface area contributed by atoms with Crippen LogP contribution in [0, 0.1) is 0 Å². The van der Waals surface area contributed by atoms with Crippen LogP contribution in [0.15, 0.2) is 59.7 Å². The number of imidazole rings is 1. The van der Waals surface area contributed by atoms with Crippen molar-refractivity contribution in [2.75, 3.05) is 0 Å². The van der Waals surface area contributed by atoms with Gasteiger partial charge in [-0.1, -0.05) is 30.3 Å². The van der Waals surface area contributed by atoms with Crippen LogP contribution in [0.3, 0.4) is 0 Å². The molecule has 0 aliphatic carbocycles. The molecule has 0 saturated heterocycles. The van der Waals surface area contributed by atoms with Gasteiger partial charge in [-0.3, -0.25) is 4.79 Å². The molecule has 0 spiro atoms. The molecule has 1 unspecified atom stereocenters. The van der Waals surface area contributed by atoms with E-state index in [4.69, 9.17) is 4.42 Å². The van der Waals surface area contributed by atoms with Crippen LogP contribution >= 0.6 is 0 Å². The maximum atomic E-state index is 12.7. The molecule has 3 aromatic rings. The molecular weight excluding hydrogens is 280 g/mol. The second kappa shape index (κ2) is 5.14. The van der Waals surface area contributed by atoms with Gasteiger partial charge in [0.2, 0.25) is 5.76 Å². The minimum Gasteiger partial charge on any atom is -0.438 e. The third-order valence-electron chi connectivity index (χ3n) is 3.95. The van der Waals surface area contributed by atoms with E-state index < -0.39 is 0 Å². The fourth-order valence-electron chi connectivity index (χ4n) is 2.84. The summed E-state index contributed by atoms with van der Waals surface area (Å²) in [4.78, 5) is 22.7. The van der Waals surface area contributed by atoms with E-state index in [1.807, 2.05) is 36.5 Å². The van der Waals surface area contributed by atoms with Gasteiger partial charge in [0.05, 0.1) is 18.8 Å². The number of rotatable bonds is 2. The van der Waals surface area contributed by atoms with Gasteiger partial charge in [-0.15, -0.1) is 0 Å². The van der Waals surface area contributed by atoms with Gasteiger partial charge in [0.1, 0.15) is 5.82 Å². The molecule has 6 heteroatoms. The zero-order valence-electron chi connectivity index (χ0n) is 11.8. The van der Waals surface area contributed by atoms with Crippen molar-refractivity contribution < 1.29 is 9.21 Å². The first-order chi connectivity index (χ1) is 10.8. The number of carbonyl (C=O) groups excluding carboxylic acids is 1. The van der Waals surface area contributed by atoms with Crippen LogP contribution < -0.4 is 0 Å². The Hall–Kier alpha value is -2.89. The predicted molar refractivity (Wildman–Crippen MR) is 77.8 cm³/mol. The summed E-state index contributed by atoms with van der Waals surface area (Å²) in [6.07, 6.45) is 6.43. The van der Waals surface area contributed by atoms with Crippen molar-refractivity contribution in [1.29, 1.82) is 0 Å². The lowest BCUT2D eigenvalue weighted by molar-refractivity contribution is 0.0552. The molecule has 0 bridgehead atoms. The van der Waals surface area contributed by atoms with Crippen LogP contribution in [-0.2, 0) is 13.1 Å². The second-order valence-electron chi connectivity index (χ2n) is 5.22. The number of aromatic nitrogens is 3. The minimum absolute atomic E-state index is 0.0551. The Morgan fingerprint density at radius 2 is 2.14 bits per heavy atom. The Balaban J connectivity index is 1.74. The number of carbonyl (C=O) groups is 1. The second-order valence-corrected chi connectivity index (χ2v) is 5.22. The maximum absolute atomic E-state index is 12.7.